The van der Waals surface area contributed by atoms with E-state index >= 15 is 0 Å². The molecule has 4 rings (SSSR count). The average molecular weight is 401 g/mol. The summed E-state index contributed by atoms with van der Waals surface area (Å²) in [6.07, 6.45) is -0.722. The van der Waals surface area contributed by atoms with Gasteiger partial charge < -0.3 is 9.47 Å². The van der Waals surface area contributed by atoms with Crippen LogP contribution in [0.3, 0.4) is 0 Å². The number of aryl methyl sites for hydroxylation is 1. The van der Waals surface area contributed by atoms with Gasteiger partial charge in [-0.15, -0.1) is 0 Å². The van der Waals surface area contributed by atoms with Gasteiger partial charge in [0.2, 0.25) is 6.10 Å². The van der Waals surface area contributed by atoms with E-state index in [2.05, 4.69) is 0 Å². The van der Waals surface area contributed by atoms with Crippen molar-refractivity contribution < 1.29 is 19.1 Å². The molecule has 0 saturated carbocycles. The number of nitrogens with zero attached hydrogens (tertiary/aromatic N) is 1. The molecule has 0 aliphatic carbocycles. The van der Waals surface area contributed by atoms with Crippen molar-refractivity contribution in [1.82, 2.24) is 0 Å². The Morgan fingerprint density at radius 1 is 0.933 bits per heavy atom. The third kappa shape index (κ3) is 3.92. The Labute approximate surface area is 175 Å². The number of β-lactam (4-membered cyclic amide) rings is 1. The van der Waals surface area contributed by atoms with Crippen molar-refractivity contribution in [1.29, 1.82) is 0 Å². The maximum absolute atomic E-state index is 13.0. The molecule has 152 valence electrons. The van der Waals surface area contributed by atoms with Gasteiger partial charge in [-0.3, -0.25) is 14.5 Å². The predicted octanol–water partition coefficient (Wildman–Crippen LogP) is 4.25. The fraction of sp³-hybridized carbons (Fsp3) is 0.200. The second-order valence-corrected chi connectivity index (χ2v) is 7.33. The predicted molar refractivity (Wildman–Crippen MR) is 114 cm³/mol. The molecule has 2 atom stereocenters. The molecule has 3 aromatic carbocycles. The number of ether oxygens (including phenoxy) is 2. The minimum absolute atomic E-state index is 0.129. The topological polar surface area (TPSA) is 55.8 Å². The van der Waals surface area contributed by atoms with E-state index in [4.69, 9.17) is 9.47 Å². The van der Waals surface area contributed by atoms with Gasteiger partial charge in [0.25, 0.3) is 5.91 Å². The second kappa shape index (κ2) is 8.41. The molecule has 1 amide bonds. The number of esters is 1. The van der Waals surface area contributed by atoms with Crippen LogP contribution in [0.2, 0.25) is 0 Å². The Kier molecular flexibility index (Phi) is 5.53. The van der Waals surface area contributed by atoms with Crippen LogP contribution in [0.25, 0.3) is 0 Å². The Hall–Kier alpha value is -3.60. The number of amides is 1. The lowest BCUT2D eigenvalue weighted by atomic mass is 9.89. The van der Waals surface area contributed by atoms with Crippen molar-refractivity contribution in [2.75, 3.05) is 12.0 Å². The van der Waals surface area contributed by atoms with Crippen LogP contribution in [0.5, 0.6) is 5.75 Å². The highest BCUT2D eigenvalue weighted by Crippen LogP contribution is 2.41. The minimum atomic E-state index is -0.851. The van der Waals surface area contributed by atoms with Gasteiger partial charge in [0.1, 0.15) is 11.8 Å². The summed E-state index contributed by atoms with van der Waals surface area (Å²) in [6.45, 7) is 2.00. The number of rotatable bonds is 6. The number of anilines is 1. The number of carbonyl (C=O) groups excluding carboxylic acids is 2. The van der Waals surface area contributed by atoms with Gasteiger partial charge in [0.15, 0.2) is 0 Å². The Bertz CT molecular complexity index is 1030. The first-order valence-electron chi connectivity index (χ1n) is 9.84. The summed E-state index contributed by atoms with van der Waals surface area (Å²) in [4.78, 5) is 27.2. The fourth-order valence-electron chi connectivity index (χ4n) is 3.64. The van der Waals surface area contributed by atoms with Crippen LogP contribution in [0, 0.1) is 6.92 Å². The Balaban J connectivity index is 1.58. The van der Waals surface area contributed by atoms with E-state index in [1.54, 1.807) is 12.0 Å². The molecule has 1 aliphatic heterocycles. The average Bonchev–Trinajstić information content (AvgIpc) is 2.77. The van der Waals surface area contributed by atoms with Crippen LogP contribution in [-0.2, 0) is 20.7 Å². The molecule has 1 fully saturated rings. The monoisotopic (exact) mass is 401 g/mol. The molecule has 1 saturated heterocycles. The molecule has 0 N–H and O–H groups in total. The van der Waals surface area contributed by atoms with Gasteiger partial charge in [0, 0.05) is 5.69 Å². The largest absolute Gasteiger partial charge is 0.497 e. The lowest BCUT2D eigenvalue weighted by Crippen LogP contribution is -2.60. The van der Waals surface area contributed by atoms with Gasteiger partial charge in [-0.1, -0.05) is 60.2 Å². The molecule has 5 nitrogen and oxygen atoms in total. The van der Waals surface area contributed by atoms with Crippen molar-refractivity contribution in [2.24, 2.45) is 0 Å². The van der Waals surface area contributed by atoms with Crippen LogP contribution in [0.4, 0.5) is 5.69 Å². The van der Waals surface area contributed by atoms with Crippen LogP contribution in [0.1, 0.15) is 22.7 Å². The summed E-state index contributed by atoms with van der Waals surface area (Å²) in [6, 6.07) is 24.2. The third-order valence-corrected chi connectivity index (χ3v) is 5.26. The molecule has 0 radical (unpaired) electrons. The standard InChI is InChI=1S/C25H23NO4/c1-17-8-12-20(13-9-17)26-23(19-10-14-21(29-2)15-11-19)24(25(26)28)30-22(27)16-18-6-4-3-5-7-18/h3-15,23-24H,16H2,1-2H3/t23-,24+/m1/s1. The van der Waals surface area contributed by atoms with Crippen LogP contribution >= 0.6 is 0 Å². The highest BCUT2D eigenvalue weighted by Gasteiger charge is 2.51. The molecule has 0 bridgehead atoms. The van der Waals surface area contributed by atoms with Crippen molar-refractivity contribution in [3.63, 3.8) is 0 Å². The number of hydrogen-bond acceptors (Lipinski definition) is 4. The second-order valence-electron chi connectivity index (χ2n) is 7.33. The van der Waals surface area contributed by atoms with E-state index in [1.807, 2.05) is 85.8 Å². The maximum atomic E-state index is 13.0. The van der Waals surface area contributed by atoms with E-state index in [-0.39, 0.29) is 18.4 Å². The summed E-state index contributed by atoms with van der Waals surface area (Å²) in [5.41, 5.74) is 3.62. The summed E-state index contributed by atoms with van der Waals surface area (Å²) in [5.74, 6) is 0.0895. The first-order valence-corrected chi connectivity index (χ1v) is 9.84. The SMILES string of the molecule is COc1ccc([C@@H]2[C@H](OC(=O)Cc3ccccc3)C(=O)N2c2ccc(C)cc2)cc1. The fourth-order valence-corrected chi connectivity index (χ4v) is 3.64. The van der Waals surface area contributed by atoms with E-state index in [0.717, 1.165) is 28.1 Å². The molecular formula is C25H23NO4. The van der Waals surface area contributed by atoms with E-state index in [1.165, 1.54) is 0 Å². The summed E-state index contributed by atoms with van der Waals surface area (Å²) < 4.78 is 10.9. The van der Waals surface area contributed by atoms with Crippen LogP contribution < -0.4 is 9.64 Å². The molecule has 0 unspecified atom stereocenters. The molecule has 30 heavy (non-hydrogen) atoms. The molecule has 0 aromatic heterocycles. The number of carbonyl (C=O) groups is 2. The Morgan fingerprint density at radius 2 is 1.60 bits per heavy atom. The van der Waals surface area contributed by atoms with Gasteiger partial charge in [-0.25, -0.2) is 0 Å². The van der Waals surface area contributed by atoms with E-state index in [0.29, 0.717) is 0 Å². The third-order valence-electron chi connectivity index (χ3n) is 5.26. The first kappa shape index (κ1) is 19.7. The minimum Gasteiger partial charge on any atom is -0.497 e. The zero-order valence-electron chi connectivity index (χ0n) is 16.9. The Morgan fingerprint density at radius 3 is 2.23 bits per heavy atom. The zero-order chi connectivity index (χ0) is 21.1. The molecule has 1 aliphatic rings. The highest BCUT2D eigenvalue weighted by molar-refractivity contribution is 6.06. The summed E-state index contributed by atoms with van der Waals surface area (Å²) in [5, 5.41) is 0. The summed E-state index contributed by atoms with van der Waals surface area (Å²) in [7, 11) is 1.61. The number of hydrogen-bond donors (Lipinski definition) is 0. The van der Waals surface area contributed by atoms with Gasteiger partial charge in [-0.2, -0.15) is 0 Å². The zero-order valence-corrected chi connectivity index (χ0v) is 16.9. The van der Waals surface area contributed by atoms with Gasteiger partial charge in [0.05, 0.1) is 13.5 Å². The molecular weight excluding hydrogens is 378 g/mol. The van der Waals surface area contributed by atoms with Crippen molar-refractivity contribution in [3.8, 4) is 5.75 Å². The molecule has 3 aromatic rings. The lowest BCUT2D eigenvalue weighted by Gasteiger charge is -2.46. The number of benzene rings is 3. The molecule has 0 spiro atoms. The van der Waals surface area contributed by atoms with Crippen molar-refractivity contribution in [2.45, 2.75) is 25.5 Å². The van der Waals surface area contributed by atoms with Crippen LogP contribution in [0.15, 0.2) is 78.9 Å². The summed E-state index contributed by atoms with van der Waals surface area (Å²) >= 11 is 0. The number of methoxy groups -OCH3 is 1. The lowest BCUT2D eigenvalue weighted by molar-refractivity contribution is -0.162. The van der Waals surface area contributed by atoms with E-state index in [9.17, 15) is 9.59 Å². The highest BCUT2D eigenvalue weighted by atomic mass is 16.6. The van der Waals surface area contributed by atoms with E-state index < -0.39 is 12.1 Å². The quantitative estimate of drug-likeness (QED) is 0.458. The molecule has 5 heteroatoms. The smallest absolute Gasteiger partial charge is 0.311 e. The van der Waals surface area contributed by atoms with Crippen molar-refractivity contribution in [3.05, 3.63) is 95.6 Å². The first-order chi connectivity index (χ1) is 14.6. The van der Waals surface area contributed by atoms with Gasteiger partial charge in [-0.05, 0) is 42.3 Å². The normalized spacial score (nSPS) is 17.9. The maximum Gasteiger partial charge on any atom is 0.311 e. The van der Waals surface area contributed by atoms with Crippen LogP contribution in [-0.4, -0.2) is 25.1 Å². The molecule has 1 heterocycles. The van der Waals surface area contributed by atoms with Gasteiger partial charge >= 0.3 is 5.97 Å². The van der Waals surface area contributed by atoms with Crippen molar-refractivity contribution >= 4 is 17.6 Å².